The highest BCUT2D eigenvalue weighted by Crippen LogP contribution is 2.35. The first-order valence-electron chi connectivity index (χ1n) is 5.66. The number of fused-ring (bicyclic) bond motifs is 1. The molecule has 1 aromatic carbocycles. The van der Waals surface area contributed by atoms with Crippen molar-refractivity contribution in [3.8, 4) is 0 Å². The van der Waals surface area contributed by atoms with Gasteiger partial charge in [-0.3, -0.25) is 14.8 Å². The average molecular weight is 309 g/mol. The van der Waals surface area contributed by atoms with Crippen LogP contribution in [0.1, 0.15) is 15.7 Å². The molecule has 0 saturated heterocycles. The molecule has 0 aliphatic carbocycles. The molecule has 1 aliphatic heterocycles. The predicted octanol–water partition coefficient (Wildman–Crippen LogP) is -1.61. The summed E-state index contributed by atoms with van der Waals surface area (Å²) in [5, 5.41) is -2.01. The van der Waals surface area contributed by atoms with E-state index in [1.807, 2.05) is 0 Å². The second-order valence-corrected chi connectivity index (χ2v) is 6.29. The first kappa shape index (κ1) is 13.2. The van der Waals surface area contributed by atoms with Crippen molar-refractivity contribution in [3.05, 3.63) is 61.3 Å². The van der Waals surface area contributed by atoms with Crippen LogP contribution in [0, 0.1) is 0 Å². The maximum Gasteiger partial charge on any atom is 0.335 e. The van der Waals surface area contributed by atoms with Crippen molar-refractivity contribution in [1.29, 1.82) is 0 Å². The zero-order valence-corrected chi connectivity index (χ0v) is 11.0. The van der Waals surface area contributed by atoms with E-state index in [-0.39, 0.29) is 15.0 Å². The van der Waals surface area contributed by atoms with Gasteiger partial charge in [0.25, 0.3) is 0 Å². The highest BCUT2D eigenvalue weighted by Gasteiger charge is 2.46. The Kier molecular flexibility index (Phi) is 2.60. The molecule has 1 aromatic heterocycles. The molecular formula is C11H7N3O6S. The summed E-state index contributed by atoms with van der Waals surface area (Å²) in [5.41, 5.74) is -3.71. The van der Waals surface area contributed by atoms with Gasteiger partial charge in [-0.15, -0.1) is 0 Å². The van der Waals surface area contributed by atoms with Crippen LogP contribution in [-0.4, -0.2) is 28.7 Å². The van der Waals surface area contributed by atoms with Crippen molar-refractivity contribution in [1.82, 2.24) is 14.5 Å². The number of benzene rings is 1. The summed E-state index contributed by atoms with van der Waals surface area (Å²) >= 11 is 0. The van der Waals surface area contributed by atoms with Crippen LogP contribution >= 0.6 is 0 Å². The molecule has 0 bridgehead atoms. The molecule has 1 aliphatic rings. The monoisotopic (exact) mass is 309 g/mol. The summed E-state index contributed by atoms with van der Waals surface area (Å²) in [6.07, 6.45) is 0. The van der Waals surface area contributed by atoms with Gasteiger partial charge in [0.2, 0.25) is 21.0 Å². The fourth-order valence-electron chi connectivity index (χ4n) is 2.22. The van der Waals surface area contributed by atoms with E-state index in [2.05, 4.69) is 0 Å². The van der Waals surface area contributed by atoms with Gasteiger partial charge in [0.1, 0.15) is 0 Å². The molecule has 10 heteroatoms. The zero-order chi connectivity index (χ0) is 15.4. The molecule has 1 atom stereocenters. The van der Waals surface area contributed by atoms with Gasteiger partial charge >= 0.3 is 17.1 Å². The van der Waals surface area contributed by atoms with E-state index in [0.29, 0.717) is 0 Å². The third-order valence-corrected chi connectivity index (χ3v) is 5.07. The molecule has 0 spiro atoms. The van der Waals surface area contributed by atoms with Crippen LogP contribution in [-0.2, 0) is 9.84 Å². The fourth-order valence-corrected chi connectivity index (χ4v) is 4.08. The standard InChI is InChI=1S/C11H7N3O6S/c15-7-5-3-1-2-4-6(5)21(19,20)8(7)14-10(17)12-9(16)13-11(14)18/h1-4,8H,(H2,12,13,16,17,18). The molecule has 21 heavy (non-hydrogen) atoms. The van der Waals surface area contributed by atoms with Crippen LogP contribution < -0.4 is 17.1 Å². The number of H-pyrrole nitrogens is 2. The molecule has 0 radical (unpaired) electrons. The summed E-state index contributed by atoms with van der Waals surface area (Å²) in [4.78, 5) is 49.8. The quantitative estimate of drug-likeness (QED) is 0.650. The minimum Gasteiger partial charge on any atom is -0.291 e. The SMILES string of the molecule is O=C1c2ccccc2S(=O)(=O)C1n1c(=O)[nH]c(=O)[nH]c1=O. The molecule has 2 N–H and O–H groups in total. The van der Waals surface area contributed by atoms with E-state index in [0.717, 1.165) is 0 Å². The van der Waals surface area contributed by atoms with Crippen LogP contribution in [0.15, 0.2) is 43.5 Å². The van der Waals surface area contributed by atoms with Crippen molar-refractivity contribution in [2.24, 2.45) is 0 Å². The number of hydrogen-bond acceptors (Lipinski definition) is 6. The molecule has 2 heterocycles. The third-order valence-electron chi connectivity index (χ3n) is 3.09. The fraction of sp³-hybridized carbons (Fsp3) is 0.0909. The van der Waals surface area contributed by atoms with E-state index < -0.39 is 38.1 Å². The number of hydrogen-bond donors (Lipinski definition) is 2. The van der Waals surface area contributed by atoms with Gasteiger partial charge in [0, 0.05) is 5.56 Å². The smallest absolute Gasteiger partial charge is 0.291 e. The number of nitrogens with one attached hydrogen (secondary N) is 2. The van der Waals surface area contributed by atoms with E-state index in [1.165, 1.54) is 24.3 Å². The van der Waals surface area contributed by atoms with E-state index in [4.69, 9.17) is 0 Å². The number of ketones is 1. The summed E-state index contributed by atoms with van der Waals surface area (Å²) in [5.74, 6) is -0.898. The van der Waals surface area contributed by atoms with Crippen molar-refractivity contribution in [2.75, 3.05) is 0 Å². The Morgan fingerprint density at radius 3 is 2.10 bits per heavy atom. The van der Waals surface area contributed by atoms with Crippen molar-refractivity contribution in [3.63, 3.8) is 0 Å². The van der Waals surface area contributed by atoms with E-state index in [1.54, 1.807) is 9.97 Å². The molecule has 0 saturated carbocycles. The number of aromatic nitrogens is 3. The normalized spacial score (nSPS) is 19.4. The summed E-state index contributed by atoms with van der Waals surface area (Å²) < 4.78 is 24.9. The molecule has 2 aromatic rings. The van der Waals surface area contributed by atoms with Gasteiger partial charge in [0.05, 0.1) is 4.90 Å². The predicted molar refractivity (Wildman–Crippen MR) is 68.9 cm³/mol. The topological polar surface area (TPSA) is 139 Å². The molecule has 3 rings (SSSR count). The van der Waals surface area contributed by atoms with Gasteiger partial charge < -0.3 is 0 Å². The minimum absolute atomic E-state index is 0.0972. The molecule has 0 fully saturated rings. The number of sulfone groups is 1. The van der Waals surface area contributed by atoms with E-state index >= 15 is 0 Å². The van der Waals surface area contributed by atoms with Crippen molar-refractivity contribution < 1.29 is 13.2 Å². The first-order chi connectivity index (χ1) is 9.84. The number of rotatable bonds is 1. The Hall–Kier alpha value is -2.75. The second kappa shape index (κ2) is 4.12. The minimum atomic E-state index is -4.24. The highest BCUT2D eigenvalue weighted by atomic mass is 32.2. The largest absolute Gasteiger partial charge is 0.335 e. The van der Waals surface area contributed by atoms with Crippen LogP contribution in [0.25, 0.3) is 0 Å². The van der Waals surface area contributed by atoms with Crippen LogP contribution in [0.4, 0.5) is 0 Å². The van der Waals surface area contributed by atoms with Crippen LogP contribution in [0.3, 0.4) is 0 Å². The Morgan fingerprint density at radius 2 is 1.52 bits per heavy atom. The lowest BCUT2D eigenvalue weighted by molar-refractivity contribution is 0.0964. The Bertz CT molecular complexity index is 1010. The third kappa shape index (κ3) is 1.72. The summed E-state index contributed by atoms with van der Waals surface area (Å²) in [6.45, 7) is 0. The van der Waals surface area contributed by atoms with Gasteiger partial charge in [0.15, 0.2) is 0 Å². The van der Waals surface area contributed by atoms with E-state index in [9.17, 15) is 27.6 Å². The maximum absolute atomic E-state index is 12.4. The van der Waals surface area contributed by atoms with Crippen molar-refractivity contribution >= 4 is 15.6 Å². The average Bonchev–Trinajstić information content (AvgIpc) is 2.59. The summed E-state index contributed by atoms with van der Waals surface area (Å²) in [7, 11) is -4.24. The lowest BCUT2D eigenvalue weighted by atomic mass is 10.1. The number of carbonyl (C=O) groups is 1. The number of carbonyl (C=O) groups excluding carboxylic acids is 1. The molecule has 108 valence electrons. The second-order valence-electron chi connectivity index (χ2n) is 4.32. The van der Waals surface area contributed by atoms with Gasteiger partial charge in [-0.05, 0) is 12.1 Å². The maximum atomic E-state index is 12.4. The van der Waals surface area contributed by atoms with Gasteiger partial charge in [-0.2, -0.15) is 0 Å². The summed E-state index contributed by atoms with van der Waals surface area (Å²) in [6, 6.07) is 5.40. The number of aromatic amines is 2. The van der Waals surface area contributed by atoms with Crippen LogP contribution in [0.5, 0.6) is 0 Å². The Balaban J connectivity index is 2.38. The highest BCUT2D eigenvalue weighted by molar-refractivity contribution is 7.92. The molecule has 1 unspecified atom stereocenters. The number of Topliss-reactive ketones (excluding diaryl/α,β-unsaturated/α-hetero) is 1. The molecule has 0 amide bonds. The van der Waals surface area contributed by atoms with Crippen LogP contribution in [0.2, 0.25) is 0 Å². The van der Waals surface area contributed by atoms with Crippen molar-refractivity contribution in [2.45, 2.75) is 10.3 Å². The van der Waals surface area contributed by atoms with Gasteiger partial charge in [-0.25, -0.2) is 27.4 Å². The van der Waals surface area contributed by atoms with Gasteiger partial charge in [-0.1, -0.05) is 12.1 Å². The Morgan fingerprint density at radius 1 is 0.952 bits per heavy atom. The number of nitrogens with zero attached hydrogens (tertiary/aromatic N) is 1. The first-order valence-corrected chi connectivity index (χ1v) is 7.21. The lowest BCUT2D eigenvalue weighted by Gasteiger charge is -2.09. The Labute approximate surface area is 115 Å². The molecule has 9 nitrogen and oxygen atoms in total. The molecular weight excluding hydrogens is 302 g/mol. The lowest BCUT2D eigenvalue weighted by Crippen LogP contribution is -2.47. The zero-order valence-electron chi connectivity index (χ0n) is 10.2.